The molecule has 1 unspecified atom stereocenters. The maximum Gasteiger partial charge on any atom is 0.113 e. The zero-order valence-electron chi connectivity index (χ0n) is 12.6. The van der Waals surface area contributed by atoms with E-state index in [1.54, 1.807) is 11.3 Å². The number of fused-ring (bicyclic) bond motifs is 1. The van der Waals surface area contributed by atoms with Crippen molar-refractivity contribution >= 4 is 23.1 Å². The lowest BCUT2D eigenvalue weighted by Crippen LogP contribution is -1.99. The van der Waals surface area contributed by atoms with Gasteiger partial charge in [-0.15, -0.1) is 11.3 Å². The quantitative estimate of drug-likeness (QED) is 0.872. The first-order valence-electron chi connectivity index (χ1n) is 7.59. The number of thioether (sulfide) groups is 1. The Labute approximate surface area is 135 Å². The second-order valence-corrected chi connectivity index (χ2v) is 8.42. The highest BCUT2D eigenvalue weighted by molar-refractivity contribution is 7.98. The highest BCUT2D eigenvalue weighted by Crippen LogP contribution is 2.36. The van der Waals surface area contributed by atoms with Crippen molar-refractivity contribution in [3.05, 3.63) is 56.8 Å². The maximum absolute atomic E-state index is 10.6. The number of rotatable bonds is 4. The lowest BCUT2D eigenvalue weighted by molar-refractivity contribution is 0.224. The van der Waals surface area contributed by atoms with Gasteiger partial charge in [-0.25, -0.2) is 0 Å². The van der Waals surface area contributed by atoms with E-state index < -0.39 is 6.10 Å². The van der Waals surface area contributed by atoms with E-state index in [2.05, 4.69) is 44.2 Å². The van der Waals surface area contributed by atoms with Gasteiger partial charge in [0.25, 0.3) is 0 Å². The van der Waals surface area contributed by atoms with E-state index in [-0.39, 0.29) is 0 Å². The molecule has 2 aromatic rings. The molecule has 0 saturated carbocycles. The molecule has 2 heterocycles. The highest BCUT2D eigenvalue weighted by Gasteiger charge is 2.19. The SMILES string of the molecule is CC(C)Cc1ccc(C(O)c2cc3c(s2)CCSC3)cc1. The topological polar surface area (TPSA) is 20.2 Å². The number of benzene rings is 1. The monoisotopic (exact) mass is 318 g/mol. The summed E-state index contributed by atoms with van der Waals surface area (Å²) in [5.41, 5.74) is 3.79. The molecule has 3 heteroatoms. The van der Waals surface area contributed by atoms with Crippen LogP contribution in [0.25, 0.3) is 0 Å². The number of aliphatic hydroxyl groups excluding tert-OH is 1. The Hall–Kier alpha value is -0.770. The van der Waals surface area contributed by atoms with Crippen molar-refractivity contribution < 1.29 is 5.11 Å². The van der Waals surface area contributed by atoms with Gasteiger partial charge in [-0.05, 0) is 47.3 Å². The van der Waals surface area contributed by atoms with Crippen LogP contribution in [0.5, 0.6) is 0 Å². The smallest absolute Gasteiger partial charge is 0.113 e. The molecule has 21 heavy (non-hydrogen) atoms. The van der Waals surface area contributed by atoms with Gasteiger partial charge in [-0.2, -0.15) is 11.8 Å². The van der Waals surface area contributed by atoms with E-state index in [1.165, 1.54) is 21.8 Å². The zero-order chi connectivity index (χ0) is 14.8. The van der Waals surface area contributed by atoms with Crippen LogP contribution in [0.1, 0.15) is 46.4 Å². The first kappa shape index (κ1) is 15.1. The van der Waals surface area contributed by atoms with E-state index in [1.807, 2.05) is 11.8 Å². The summed E-state index contributed by atoms with van der Waals surface area (Å²) in [6.45, 7) is 4.47. The molecule has 112 valence electrons. The highest BCUT2D eigenvalue weighted by atomic mass is 32.2. The normalized spacial score (nSPS) is 16.0. The number of hydrogen-bond donors (Lipinski definition) is 1. The summed E-state index contributed by atoms with van der Waals surface area (Å²) in [5.74, 6) is 2.99. The lowest BCUT2D eigenvalue weighted by Gasteiger charge is -2.11. The summed E-state index contributed by atoms with van der Waals surface area (Å²) < 4.78 is 0. The molecule has 1 aromatic carbocycles. The van der Waals surface area contributed by atoms with E-state index in [4.69, 9.17) is 0 Å². The third-order valence-electron chi connectivity index (χ3n) is 3.86. The third kappa shape index (κ3) is 3.53. The van der Waals surface area contributed by atoms with E-state index in [0.29, 0.717) is 5.92 Å². The summed E-state index contributed by atoms with van der Waals surface area (Å²) in [6.07, 6.45) is 1.78. The van der Waals surface area contributed by atoms with Crippen molar-refractivity contribution in [1.82, 2.24) is 0 Å². The Morgan fingerprint density at radius 1 is 1.19 bits per heavy atom. The first-order chi connectivity index (χ1) is 10.1. The van der Waals surface area contributed by atoms with Gasteiger partial charge >= 0.3 is 0 Å². The fourth-order valence-electron chi connectivity index (χ4n) is 2.78. The summed E-state index contributed by atoms with van der Waals surface area (Å²) in [4.78, 5) is 2.57. The molecule has 0 bridgehead atoms. The standard InChI is InChI=1S/C18H22OS2/c1-12(2)9-13-3-5-14(6-4-13)18(19)17-10-15-11-20-8-7-16(15)21-17/h3-6,10,12,18-19H,7-9,11H2,1-2H3. The summed E-state index contributed by atoms with van der Waals surface area (Å²) >= 11 is 3.78. The lowest BCUT2D eigenvalue weighted by atomic mass is 10.00. The zero-order valence-corrected chi connectivity index (χ0v) is 14.3. The minimum absolute atomic E-state index is 0.473. The van der Waals surface area contributed by atoms with Crippen LogP contribution < -0.4 is 0 Å². The van der Waals surface area contributed by atoms with Gasteiger partial charge in [0.1, 0.15) is 6.10 Å². The summed E-state index contributed by atoms with van der Waals surface area (Å²) in [7, 11) is 0. The number of aryl methyl sites for hydroxylation is 1. The number of hydrogen-bond acceptors (Lipinski definition) is 3. The minimum atomic E-state index is -0.473. The van der Waals surface area contributed by atoms with E-state index >= 15 is 0 Å². The van der Waals surface area contributed by atoms with E-state index in [0.717, 1.165) is 29.0 Å². The Morgan fingerprint density at radius 2 is 1.95 bits per heavy atom. The van der Waals surface area contributed by atoms with Crippen molar-refractivity contribution in [2.24, 2.45) is 5.92 Å². The largest absolute Gasteiger partial charge is 0.383 e. The molecule has 1 N–H and O–H groups in total. The summed E-state index contributed by atoms with van der Waals surface area (Å²) in [5, 5.41) is 10.6. The Morgan fingerprint density at radius 3 is 2.62 bits per heavy atom. The third-order valence-corrected chi connectivity index (χ3v) is 6.15. The van der Waals surface area contributed by atoms with Gasteiger partial charge in [0.15, 0.2) is 0 Å². The van der Waals surface area contributed by atoms with Gasteiger partial charge in [0, 0.05) is 15.5 Å². The molecule has 1 aliphatic heterocycles. The molecule has 0 spiro atoms. The molecule has 1 atom stereocenters. The molecule has 0 saturated heterocycles. The van der Waals surface area contributed by atoms with Crippen LogP contribution in [-0.4, -0.2) is 10.9 Å². The molecule has 1 nitrogen and oxygen atoms in total. The summed E-state index contributed by atoms with van der Waals surface area (Å²) in [6, 6.07) is 10.7. The van der Waals surface area contributed by atoms with Crippen LogP contribution in [0.2, 0.25) is 0 Å². The Bertz CT molecular complexity index is 575. The fraction of sp³-hybridized carbons (Fsp3) is 0.444. The molecule has 0 aliphatic carbocycles. The predicted octanol–water partition coefficient (Wildman–Crippen LogP) is 4.82. The molecule has 0 fully saturated rings. The Kier molecular flexibility index (Phi) is 4.72. The van der Waals surface area contributed by atoms with Crippen LogP contribution in [0.4, 0.5) is 0 Å². The molecule has 1 aromatic heterocycles. The van der Waals surface area contributed by atoms with Crippen LogP contribution in [-0.2, 0) is 18.6 Å². The van der Waals surface area contributed by atoms with Gasteiger partial charge in [0.05, 0.1) is 0 Å². The predicted molar refractivity (Wildman–Crippen MR) is 93.2 cm³/mol. The van der Waals surface area contributed by atoms with Crippen LogP contribution >= 0.6 is 23.1 Å². The first-order valence-corrected chi connectivity index (χ1v) is 9.56. The van der Waals surface area contributed by atoms with Crippen molar-refractivity contribution in [3.63, 3.8) is 0 Å². The average Bonchev–Trinajstić information content (AvgIpc) is 2.90. The fourth-order valence-corrected chi connectivity index (χ4v) is 5.17. The van der Waals surface area contributed by atoms with Crippen LogP contribution in [0.3, 0.4) is 0 Å². The van der Waals surface area contributed by atoms with Gasteiger partial charge in [0.2, 0.25) is 0 Å². The number of aliphatic hydroxyl groups is 1. The Balaban J connectivity index is 1.78. The van der Waals surface area contributed by atoms with Crippen molar-refractivity contribution in [2.45, 2.75) is 38.5 Å². The van der Waals surface area contributed by atoms with Gasteiger partial charge in [-0.3, -0.25) is 0 Å². The molecule has 3 rings (SSSR count). The molecule has 0 amide bonds. The number of thiophene rings is 1. The van der Waals surface area contributed by atoms with Crippen LogP contribution in [0, 0.1) is 5.92 Å². The molecule has 0 radical (unpaired) electrons. The maximum atomic E-state index is 10.6. The average molecular weight is 319 g/mol. The van der Waals surface area contributed by atoms with Gasteiger partial charge in [-0.1, -0.05) is 38.1 Å². The molecular formula is C18H22OS2. The molecular weight excluding hydrogens is 296 g/mol. The second kappa shape index (κ2) is 6.55. The van der Waals surface area contributed by atoms with Crippen LogP contribution in [0.15, 0.2) is 30.3 Å². The van der Waals surface area contributed by atoms with Crippen molar-refractivity contribution in [3.8, 4) is 0 Å². The second-order valence-electron chi connectivity index (χ2n) is 6.14. The van der Waals surface area contributed by atoms with Crippen molar-refractivity contribution in [1.29, 1.82) is 0 Å². The minimum Gasteiger partial charge on any atom is -0.383 e. The molecule has 1 aliphatic rings. The van der Waals surface area contributed by atoms with Crippen molar-refractivity contribution in [2.75, 3.05) is 5.75 Å². The van der Waals surface area contributed by atoms with E-state index in [9.17, 15) is 5.11 Å². The van der Waals surface area contributed by atoms with Gasteiger partial charge < -0.3 is 5.11 Å².